The van der Waals surface area contributed by atoms with Crippen LogP contribution in [-0.2, 0) is 26.2 Å². The topological polar surface area (TPSA) is 96.0 Å². The summed E-state index contributed by atoms with van der Waals surface area (Å²) in [7, 11) is -4.17. The molecule has 42 heavy (non-hydrogen) atoms. The zero-order chi connectivity index (χ0) is 30.9. The fourth-order valence-corrected chi connectivity index (χ4v) is 6.19. The molecule has 2 amide bonds. The number of ether oxygens (including phenoxy) is 1. The van der Waals surface area contributed by atoms with Crippen molar-refractivity contribution in [1.82, 2.24) is 10.2 Å². The molecule has 0 unspecified atom stereocenters. The number of anilines is 1. The van der Waals surface area contributed by atoms with Crippen molar-refractivity contribution in [3.05, 3.63) is 83.4 Å². The highest BCUT2D eigenvalue weighted by molar-refractivity contribution is 7.98. The molecule has 3 rings (SSSR count). The van der Waals surface area contributed by atoms with E-state index in [0.29, 0.717) is 28.6 Å². The van der Waals surface area contributed by atoms with Gasteiger partial charge in [0.05, 0.1) is 17.2 Å². The number of nitrogens with zero attached hydrogens (tertiary/aromatic N) is 2. The highest BCUT2D eigenvalue weighted by Gasteiger charge is 2.33. The van der Waals surface area contributed by atoms with Gasteiger partial charge in [-0.25, -0.2) is 8.42 Å². The second-order valence-corrected chi connectivity index (χ2v) is 12.9. The van der Waals surface area contributed by atoms with Crippen molar-refractivity contribution in [2.75, 3.05) is 23.7 Å². The molecule has 0 aliphatic rings. The van der Waals surface area contributed by atoms with E-state index in [-0.39, 0.29) is 23.4 Å². The van der Waals surface area contributed by atoms with Crippen LogP contribution in [0.1, 0.15) is 39.7 Å². The monoisotopic (exact) mass is 631 g/mol. The number of nitrogens with one attached hydrogen (secondary N) is 1. The van der Waals surface area contributed by atoms with Gasteiger partial charge in [-0.3, -0.25) is 13.9 Å². The smallest absolute Gasteiger partial charge is 0.264 e. The minimum Gasteiger partial charge on any atom is -0.494 e. The molecule has 0 radical (unpaired) electrons. The number of thioether (sulfide) groups is 1. The maximum Gasteiger partial charge on any atom is 0.264 e. The molecule has 0 aromatic heterocycles. The average molecular weight is 632 g/mol. The Labute approximate surface area is 258 Å². The van der Waals surface area contributed by atoms with Gasteiger partial charge in [-0.05, 0) is 99.7 Å². The predicted octanol–water partition coefficient (Wildman–Crippen LogP) is 5.99. The SMILES string of the molecule is CCOc1ccc(N(CC(=O)N(Cc2cccc(Cl)c2)[C@H](C)C(=O)N[C@@H](C)CC)S(=O)(=O)c2ccc(SC)cc2)cc1. The highest BCUT2D eigenvalue weighted by Crippen LogP contribution is 2.28. The minimum atomic E-state index is -4.17. The Bertz CT molecular complexity index is 1450. The van der Waals surface area contributed by atoms with Crippen molar-refractivity contribution in [2.24, 2.45) is 0 Å². The summed E-state index contributed by atoms with van der Waals surface area (Å²) < 4.78 is 34.6. The second kappa shape index (κ2) is 15.3. The lowest BCUT2D eigenvalue weighted by atomic mass is 10.1. The molecule has 226 valence electrons. The van der Waals surface area contributed by atoms with E-state index >= 15 is 0 Å². The molecule has 0 heterocycles. The molecule has 2 atom stereocenters. The molecular weight excluding hydrogens is 594 g/mol. The first-order valence-electron chi connectivity index (χ1n) is 13.7. The summed E-state index contributed by atoms with van der Waals surface area (Å²) in [6.07, 6.45) is 2.63. The van der Waals surface area contributed by atoms with Crippen molar-refractivity contribution < 1.29 is 22.7 Å². The first-order valence-corrected chi connectivity index (χ1v) is 16.8. The number of hydrogen-bond donors (Lipinski definition) is 1. The van der Waals surface area contributed by atoms with Crippen molar-refractivity contribution in [3.8, 4) is 5.75 Å². The number of sulfonamides is 1. The van der Waals surface area contributed by atoms with E-state index in [9.17, 15) is 18.0 Å². The van der Waals surface area contributed by atoms with Crippen LogP contribution in [0.25, 0.3) is 0 Å². The maximum atomic E-state index is 14.0. The number of halogens is 1. The Morgan fingerprint density at radius 2 is 1.67 bits per heavy atom. The van der Waals surface area contributed by atoms with Crippen LogP contribution >= 0.6 is 23.4 Å². The van der Waals surface area contributed by atoms with E-state index in [1.807, 2.05) is 27.0 Å². The number of hydrogen-bond acceptors (Lipinski definition) is 6. The van der Waals surface area contributed by atoms with Crippen molar-refractivity contribution in [3.63, 3.8) is 0 Å². The Balaban J connectivity index is 2.03. The number of carbonyl (C=O) groups excluding carboxylic acids is 2. The third-order valence-corrected chi connectivity index (χ3v) is 9.54. The van der Waals surface area contributed by atoms with E-state index in [2.05, 4.69) is 5.32 Å². The van der Waals surface area contributed by atoms with Gasteiger partial charge >= 0.3 is 0 Å². The number of benzene rings is 3. The summed E-state index contributed by atoms with van der Waals surface area (Å²) in [5, 5.41) is 3.41. The molecule has 0 aliphatic carbocycles. The largest absolute Gasteiger partial charge is 0.494 e. The first kappa shape index (κ1) is 33.3. The van der Waals surface area contributed by atoms with Gasteiger partial charge in [0.15, 0.2) is 0 Å². The van der Waals surface area contributed by atoms with Crippen molar-refractivity contribution in [2.45, 2.75) is 62.5 Å². The lowest BCUT2D eigenvalue weighted by Crippen LogP contribution is -2.52. The zero-order valence-electron chi connectivity index (χ0n) is 24.5. The van der Waals surface area contributed by atoms with Gasteiger partial charge in [-0.15, -0.1) is 11.8 Å². The predicted molar refractivity (Wildman–Crippen MR) is 170 cm³/mol. The van der Waals surface area contributed by atoms with E-state index in [4.69, 9.17) is 16.3 Å². The average Bonchev–Trinajstić information content (AvgIpc) is 2.98. The van der Waals surface area contributed by atoms with Gasteiger partial charge in [-0.1, -0.05) is 30.7 Å². The normalized spacial score (nSPS) is 12.7. The Morgan fingerprint density at radius 3 is 2.24 bits per heavy atom. The lowest BCUT2D eigenvalue weighted by Gasteiger charge is -2.32. The molecule has 1 N–H and O–H groups in total. The van der Waals surface area contributed by atoms with Gasteiger partial charge in [0.2, 0.25) is 11.8 Å². The molecule has 8 nitrogen and oxygen atoms in total. The minimum absolute atomic E-state index is 0.0472. The first-order chi connectivity index (χ1) is 20.0. The summed E-state index contributed by atoms with van der Waals surface area (Å²) in [5.41, 5.74) is 1.00. The molecule has 0 aliphatic heterocycles. The van der Waals surface area contributed by atoms with Crippen LogP contribution in [0.2, 0.25) is 5.02 Å². The van der Waals surface area contributed by atoms with Crippen LogP contribution < -0.4 is 14.4 Å². The van der Waals surface area contributed by atoms with Gasteiger partial charge in [0.25, 0.3) is 10.0 Å². The van der Waals surface area contributed by atoms with E-state index < -0.39 is 28.5 Å². The van der Waals surface area contributed by atoms with Crippen LogP contribution in [0.4, 0.5) is 5.69 Å². The molecule has 11 heteroatoms. The number of carbonyl (C=O) groups is 2. The molecule has 0 saturated heterocycles. The van der Waals surface area contributed by atoms with Gasteiger partial charge in [0.1, 0.15) is 18.3 Å². The second-order valence-electron chi connectivity index (χ2n) is 9.76. The summed E-state index contributed by atoms with van der Waals surface area (Å²) in [6.45, 7) is 7.32. The van der Waals surface area contributed by atoms with Crippen LogP contribution in [-0.4, -0.2) is 56.6 Å². The Kier molecular flexibility index (Phi) is 12.1. The van der Waals surface area contributed by atoms with Crippen LogP contribution in [0.15, 0.2) is 82.6 Å². The molecule has 0 fully saturated rings. The van der Waals surface area contributed by atoms with Crippen LogP contribution in [0, 0.1) is 0 Å². The van der Waals surface area contributed by atoms with E-state index in [1.54, 1.807) is 67.6 Å². The molecule has 0 saturated carbocycles. The van der Waals surface area contributed by atoms with Crippen molar-refractivity contribution in [1.29, 1.82) is 0 Å². The fraction of sp³-hybridized carbons (Fsp3) is 0.355. The van der Waals surface area contributed by atoms with Crippen molar-refractivity contribution >= 4 is 50.9 Å². The summed E-state index contributed by atoms with van der Waals surface area (Å²) in [5.74, 6) is -0.296. The van der Waals surface area contributed by atoms with Crippen LogP contribution in [0.5, 0.6) is 5.75 Å². The van der Waals surface area contributed by atoms with Gasteiger partial charge in [0, 0.05) is 22.5 Å². The molecule has 0 bridgehead atoms. The number of rotatable bonds is 14. The third kappa shape index (κ3) is 8.65. The van der Waals surface area contributed by atoms with E-state index in [1.165, 1.54) is 28.8 Å². The Morgan fingerprint density at radius 1 is 1.00 bits per heavy atom. The fourth-order valence-electron chi connectivity index (χ4n) is 4.16. The molecule has 3 aromatic carbocycles. The summed E-state index contributed by atoms with van der Waals surface area (Å²) >= 11 is 7.70. The number of amides is 2. The van der Waals surface area contributed by atoms with Gasteiger partial charge in [-0.2, -0.15) is 0 Å². The quantitative estimate of drug-likeness (QED) is 0.220. The van der Waals surface area contributed by atoms with Gasteiger partial charge < -0.3 is 15.0 Å². The molecular formula is C31H38ClN3O5S2. The Hall–Kier alpha value is -3.21. The zero-order valence-corrected chi connectivity index (χ0v) is 26.9. The lowest BCUT2D eigenvalue weighted by molar-refractivity contribution is -0.139. The summed E-state index contributed by atoms with van der Waals surface area (Å²) in [6, 6.07) is 19.1. The highest BCUT2D eigenvalue weighted by atomic mass is 35.5. The molecule has 0 spiro atoms. The third-order valence-electron chi connectivity index (χ3n) is 6.77. The van der Waals surface area contributed by atoms with Crippen LogP contribution in [0.3, 0.4) is 0 Å². The molecule has 3 aromatic rings. The summed E-state index contributed by atoms with van der Waals surface area (Å²) in [4.78, 5) is 29.6. The maximum absolute atomic E-state index is 14.0. The standard InChI is InChI=1S/C31H38ClN3O5S2/c1-6-22(3)33-31(37)23(4)34(20-24-9-8-10-25(32)19-24)30(36)21-35(26-11-13-27(14-12-26)40-7-2)42(38,39)29-17-15-28(41-5)16-18-29/h8-19,22-23H,6-7,20-21H2,1-5H3,(H,33,37)/t22-,23+/m0/s1. The van der Waals surface area contributed by atoms with E-state index in [0.717, 1.165) is 15.6 Å².